The zero-order valence-electron chi connectivity index (χ0n) is 21.6. The van der Waals surface area contributed by atoms with E-state index in [1.807, 2.05) is 6.92 Å². The summed E-state index contributed by atoms with van der Waals surface area (Å²) in [7, 11) is 0. The molecule has 0 radical (unpaired) electrons. The van der Waals surface area contributed by atoms with Gasteiger partial charge in [0, 0.05) is 29.9 Å². The molecule has 5 rings (SSSR count). The predicted molar refractivity (Wildman–Crippen MR) is 139 cm³/mol. The molecule has 1 saturated heterocycles. The summed E-state index contributed by atoms with van der Waals surface area (Å²) in [6, 6.07) is 9.26. The molecule has 1 aliphatic heterocycles. The van der Waals surface area contributed by atoms with Crippen LogP contribution in [-0.2, 0) is 17.8 Å². The van der Waals surface area contributed by atoms with E-state index in [1.165, 1.54) is 41.5 Å². The van der Waals surface area contributed by atoms with Gasteiger partial charge in [0.25, 0.3) is 5.91 Å². The molecular formula is C25H24ClF3N8O4. The smallest absolute Gasteiger partial charge is 0.382 e. The van der Waals surface area contributed by atoms with Gasteiger partial charge >= 0.3 is 11.9 Å². The molecule has 4 aromatic rings. The molecule has 2 atom stereocenters. The maximum atomic E-state index is 13.2. The summed E-state index contributed by atoms with van der Waals surface area (Å²) in [6.45, 7) is 1.72. The number of alkyl halides is 3. The van der Waals surface area contributed by atoms with E-state index in [0.717, 1.165) is 9.25 Å². The Morgan fingerprint density at radius 1 is 1.20 bits per heavy atom. The molecule has 3 aromatic heterocycles. The lowest BCUT2D eigenvalue weighted by molar-refractivity contribution is -0.207. The Kier molecular flexibility index (Phi) is 7.93. The number of aliphatic hydroxyl groups is 1. The number of hydrogen-bond donors (Lipinski definition) is 1. The fraction of sp³-hybridized carbons (Fsp3) is 0.360. The Balaban J connectivity index is 1.45. The Bertz CT molecular complexity index is 1600. The highest BCUT2D eigenvalue weighted by molar-refractivity contribution is 6.30. The van der Waals surface area contributed by atoms with Crippen LogP contribution in [0.2, 0.25) is 5.02 Å². The number of aromatic nitrogens is 7. The first-order valence-electron chi connectivity index (χ1n) is 12.5. The van der Waals surface area contributed by atoms with Gasteiger partial charge in [0.05, 0.1) is 24.9 Å². The number of carbonyl (C=O) groups is 1. The normalized spacial score (nSPS) is 16.6. The van der Waals surface area contributed by atoms with Crippen LogP contribution in [0.1, 0.15) is 23.2 Å². The number of nitrogens with zero attached hydrogens (tertiary/aromatic N) is 8. The number of halogens is 4. The second kappa shape index (κ2) is 11.4. The van der Waals surface area contributed by atoms with Gasteiger partial charge in [-0.2, -0.15) is 13.2 Å². The molecule has 1 aliphatic rings. The van der Waals surface area contributed by atoms with Gasteiger partial charge in [-0.1, -0.05) is 11.6 Å². The first kappa shape index (κ1) is 28.4. The van der Waals surface area contributed by atoms with Gasteiger partial charge in [-0.05, 0) is 43.3 Å². The summed E-state index contributed by atoms with van der Waals surface area (Å²) in [5, 5.41) is 18.6. The van der Waals surface area contributed by atoms with Crippen molar-refractivity contribution in [1.82, 2.24) is 39.0 Å². The van der Waals surface area contributed by atoms with Crippen LogP contribution >= 0.6 is 11.6 Å². The fourth-order valence-electron chi connectivity index (χ4n) is 4.32. The molecule has 1 aromatic carbocycles. The minimum atomic E-state index is -4.95. The fourth-order valence-corrected chi connectivity index (χ4v) is 4.44. The van der Waals surface area contributed by atoms with Gasteiger partial charge < -0.3 is 14.7 Å². The molecule has 4 heterocycles. The molecule has 0 saturated carbocycles. The molecule has 41 heavy (non-hydrogen) atoms. The highest BCUT2D eigenvalue weighted by Crippen LogP contribution is 2.24. The molecule has 1 fully saturated rings. The summed E-state index contributed by atoms with van der Waals surface area (Å²) < 4.78 is 47.9. The van der Waals surface area contributed by atoms with E-state index < -0.39 is 24.5 Å². The Hall–Kier alpha value is -4.08. The van der Waals surface area contributed by atoms with Crippen LogP contribution < -0.4 is 5.69 Å². The first-order valence-corrected chi connectivity index (χ1v) is 12.8. The number of benzene rings is 1. The molecule has 216 valence electrons. The molecule has 0 aliphatic carbocycles. The number of hydrogen-bond acceptors (Lipinski definition) is 8. The minimum Gasteiger partial charge on any atom is -0.382 e. The van der Waals surface area contributed by atoms with Crippen molar-refractivity contribution in [2.75, 3.05) is 19.7 Å². The van der Waals surface area contributed by atoms with Crippen molar-refractivity contribution in [2.45, 2.75) is 38.4 Å². The van der Waals surface area contributed by atoms with Crippen LogP contribution in [0.4, 0.5) is 13.2 Å². The van der Waals surface area contributed by atoms with Crippen LogP contribution in [0.5, 0.6) is 0 Å². The van der Waals surface area contributed by atoms with Gasteiger partial charge in [0.2, 0.25) is 0 Å². The average molecular weight is 593 g/mol. The lowest BCUT2D eigenvalue weighted by Crippen LogP contribution is -2.45. The van der Waals surface area contributed by atoms with Crippen LogP contribution in [0.3, 0.4) is 0 Å². The molecular weight excluding hydrogens is 569 g/mol. The van der Waals surface area contributed by atoms with E-state index in [1.54, 1.807) is 17.0 Å². The Morgan fingerprint density at radius 3 is 2.66 bits per heavy atom. The third-order valence-corrected chi connectivity index (χ3v) is 6.61. The standard InChI is InChI=1S/C25H24ClF3N8O4/c1-15-11-34(9-10-41-15)23(39)21-18(3-2-8-30-21)37-14-31-20(32-37)13-36-24(40)35(12-19(38)25(27,28)29)22(33-36)16-4-6-17(26)7-5-16/h2-8,14-15,19,38H,9-13H2,1H3/t15?,19-/m0/s1. The first-order chi connectivity index (χ1) is 19.5. The van der Waals surface area contributed by atoms with Gasteiger partial charge in [0.1, 0.15) is 12.9 Å². The number of carbonyl (C=O) groups excluding carboxylic acids is 1. The van der Waals surface area contributed by atoms with Crippen molar-refractivity contribution in [2.24, 2.45) is 0 Å². The number of pyridine rings is 1. The summed E-state index contributed by atoms with van der Waals surface area (Å²) in [4.78, 5) is 36.4. The number of rotatable bonds is 7. The van der Waals surface area contributed by atoms with Crippen LogP contribution in [0.25, 0.3) is 17.1 Å². The van der Waals surface area contributed by atoms with E-state index in [2.05, 4.69) is 20.2 Å². The zero-order valence-corrected chi connectivity index (χ0v) is 22.3. The SMILES string of the molecule is CC1CN(C(=O)c2ncccc2-n2cnc(Cn3nc(-c4ccc(Cl)cc4)n(C[C@H](O)C(F)(F)F)c3=O)n2)CCO1. The quantitative estimate of drug-likeness (QED) is 0.345. The van der Waals surface area contributed by atoms with Crippen LogP contribution in [0.15, 0.2) is 53.7 Å². The molecule has 0 spiro atoms. The second-order valence-electron chi connectivity index (χ2n) is 9.35. The van der Waals surface area contributed by atoms with Crippen molar-refractivity contribution in [1.29, 1.82) is 0 Å². The van der Waals surface area contributed by atoms with Crippen molar-refractivity contribution in [3.05, 3.63) is 75.9 Å². The van der Waals surface area contributed by atoms with E-state index in [4.69, 9.17) is 16.3 Å². The summed E-state index contributed by atoms with van der Waals surface area (Å²) in [5.74, 6) is -0.314. The number of morpholine rings is 1. The van der Waals surface area contributed by atoms with E-state index >= 15 is 0 Å². The third kappa shape index (κ3) is 6.16. The summed E-state index contributed by atoms with van der Waals surface area (Å²) in [6.07, 6.45) is -5.04. The van der Waals surface area contributed by atoms with Gasteiger partial charge in [-0.15, -0.1) is 10.2 Å². The second-order valence-corrected chi connectivity index (χ2v) is 9.78. The van der Waals surface area contributed by atoms with E-state index in [9.17, 15) is 27.9 Å². The van der Waals surface area contributed by atoms with Gasteiger partial charge in [0.15, 0.2) is 23.4 Å². The lowest BCUT2D eigenvalue weighted by Gasteiger charge is -2.31. The van der Waals surface area contributed by atoms with Gasteiger partial charge in [-0.25, -0.2) is 24.1 Å². The molecule has 1 amide bonds. The Morgan fingerprint density at radius 2 is 1.95 bits per heavy atom. The molecule has 0 bridgehead atoms. The third-order valence-electron chi connectivity index (χ3n) is 6.35. The topological polar surface area (TPSA) is 133 Å². The van der Waals surface area contributed by atoms with Gasteiger partial charge in [-0.3, -0.25) is 9.36 Å². The minimum absolute atomic E-state index is 0.0954. The van der Waals surface area contributed by atoms with Crippen molar-refractivity contribution < 1.29 is 27.8 Å². The van der Waals surface area contributed by atoms with Crippen LogP contribution in [0, 0.1) is 0 Å². The molecule has 1 N–H and O–H groups in total. The lowest BCUT2D eigenvalue weighted by atomic mass is 10.2. The maximum absolute atomic E-state index is 13.2. The molecule has 12 nitrogen and oxygen atoms in total. The summed E-state index contributed by atoms with van der Waals surface area (Å²) in [5.41, 5.74) is -0.101. The largest absolute Gasteiger partial charge is 0.416 e. The monoisotopic (exact) mass is 592 g/mol. The molecule has 16 heteroatoms. The number of ether oxygens (including phenoxy) is 1. The average Bonchev–Trinajstić information content (AvgIpc) is 3.53. The van der Waals surface area contributed by atoms with E-state index in [-0.39, 0.29) is 35.9 Å². The Labute approximate surface area is 235 Å². The van der Waals surface area contributed by atoms with E-state index in [0.29, 0.717) is 36.0 Å². The number of aliphatic hydroxyl groups excluding tert-OH is 1. The highest BCUT2D eigenvalue weighted by Gasteiger charge is 2.39. The predicted octanol–water partition coefficient (Wildman–Crippen LogP) is 2.17. The van der Waals surface area contributed by atoms with Crippen molar-refractivity contribution >= 4 is 17.5 Å². The number of amides is 1. The van der Waals surface area contributed by atoms with Crippen molar-refractivity contribution in [3.63, 3.8) is 0 Å². The maximum Gasteiger partial charge on any atom is 0.416 e. The highest BCUT2D eigenvalue weighted by atomic mass is 35.5. The zero-order chi connectivity index (χ0) is 29.3. The summed E-state index contributed by atoms with van der Waals surface area (Å²) >= 11 is 5.93. The van der Waals surface area contributed by atoms with Crippen LogP contribution in [-0.4, -0.2) is 88.1 Å². The van der Waals surface area contributed by atoms with Crippen molar-refractivity contribution in [3.8, 4) is 17.1 Å². The molecule has 1 unspecified atom stereocenters.